The second kappa shape index (κ2) is 8.58. The van der Waals surface area contributed by atoms with Crippen molar-refractivity contribution in [1.82, 2.24) is 15.2 Å². The lowest BCUT2D eigenvalue weighted by Gasteiger charge is -2.21. The van der Waals surface area contributed by atoms with Crippen LogP contribution >= 0.6 is 15.9 Å². The van der Waals surface area contributed by atoms with Gasteiger partial charge in [-0.25, -0.2) is 0 Å². The van der Waals surface area contributed by atoms with Crippen molar-refractivity contribution in [2.24, 2.45) is 5.73 Å². The van der Waals surface area contributed by atoms with Crippen LogP contribution in [0.5, 0.6) is 0 Å². The van der Waals surface area contributed by atoms with Gasteiger partial charge in [0, 0.05) is 42.5 Å². The number of aromatic nitrogens is 1. The highest BCUT2D eigenvalue weighted by atomic mass is 79.9. The maximum atomic E-state index is 5.82. The Hall–Kier alpha value is -0.490. The molecule has 0 aliphatic rings. The first-order valence-electron chi connectivity index (χ1n) is 6.47. The van der Waals surface area contributed by atoms with Gasteiger partial charge in [0.2, 0.25) is 0 Å². The standard InChI is InChI=1S/C13H23BrN4/c1-3-18(4-2)6-5-17-13(8-15)11-7-12(14)10-16-9-11/h7,9-10,13,17H,3-6,8,15H2,1-2H3. The predicted octanol–water partition coefficient (Wildman–Crippen LogP) is 1.78. The molecule has 0 aromatic carbocycles. The van der Waals surface area contributed by atoms with Crippen LogP contribution in [-0.4, -0.2) is 42.6 Å². The molecule has 1 aromatic heterocycles. The van der Waals surface area contributed by atoms with Gasteiger partial charge in [0.15, 0.2) is 0 Å². The summed E-state index contributed by atoms with van der Waals surface area (Å²) in [5.41, 5.74) is 6.95. The number of halogens is 1. The SMILES string of the molecule is CCN(CC)CCNC(CN)c1cncc(Br)c1. The number of likely N-dealkylation sites (N-methyl/N-ethyl adjacent to an activating group) is 1. The van der Waals surface area contributed by atoms with Crippen molar-refractivity contribution >= 4 is 15.9 Å². The molecule has 1 rings (SSSR count). The predicted molar refractivity (Wildman–Crippen MR) is 79.5 cm³/mol. The monoisotopic (exact) mass is 314 g/mol. The summed E-state index contributed by atoms with van der Waals surface area (Å²) in [6, 6.07) is 2.24. The minimum Gasteiger partial charge on any atom is -0.329 e. The van der Waals surface area contributed by atoms with Gasteiger partial charge in [-0.05, 0) is 40.6 Å². The van der Waals surface area contributed by atoms with E-state index >= 15 is 0 Å². The zero-order chi connectivity index (χ0) is 13.4. The molecule has 0 aliphatic heterocycles. The third-order valence-electron chi connectivity index (χ3n) is 3.08. The first-order chi connectivity index (χ1) is 8.71. The zero-order valence-corrected chi connectivity index (χ0v) is 12.8. The summed E-state index contributed by atoms with van der Waals surface area (Å²) in [6.07, 6.45) is 3.65. The highest BCUT2D eigenvalue weighted by Crippen LogP contribution is 2.15. The Balaban J connectivity index is 2.47. The lowest BCUT2D eigenvalue weighted by atomic mass is 10.1. The van der Waals surface area contributed by atoms with Crippen molar-refractivity contribution in [3.05, 3.63) is 28.5 Å². The molecule has 0 amide bonds. The molecule has 0 fully saturated rings. The maximum Gasteiger partial charge on any atom is 0.0460 e. The molecule has 0 bridgehead atoms. The van der Waals surface area contributed by atoms with Gasteiger partial charge in [-0.2, -0.15) is 0 Å². The van der Waals surface area contributed by atoms with Crippen LogP contribution in [0.2, 0.25) is 0 Å². The summed E-state index contributed by atoms with van der Waals surface area (Å²) < 4.78 is 0.990. The minimum absolute atomic E-state index is 0.172. The maximum absolute atomic E-state index is 5.82. The average molecular weight is 315 g/mol. The second-order valence-corrected chi connectivity index (χ2v) is 5.12. The summed E-state index contributed by atoms with van der Waals surface area (Å²) in [5.74, 6) is 0. The number of nitrogens with two attached hydrogens (primary N) is 1. The van der Waals surface area contributed by atoms with Crippen LogP contribution < -0.4 is 11.1 Å². The first kappa shape index (κ1) is 15.6. The molecule has 1 unspecified atom stereocenters. The molecule has 102 valence electrons. The van der Waals surface area contributed by atoms with Crippen molar-refractivity contribution in [2.45, 2.75) is 19.9 Å². The Labute approximate surface area is 118 Å². The lowest BCUT2D eigenvalue weighted by Crippen LogP contribution is -2.36. The quantitative estimate of drug-likeness (QED) is 0.768. The summed E-state index contributed by atoms with van der Waals surface area (Å²) in [7, 11) is 0. The van der Waals surface area contributed by atoms with Crippen molar-refractivity contribution < 1.29 is 0 Å². The fraction of sp³-hybridized carbons (Fsp3) is 0.615. The molecule has 0 spiro atoms. The van der Waals surface area contributed by atoms with Gasteiger partial charge in [-0.3, -0.25) is 4.98 Å². The molecular formula is C13H23BrN4. The van der Waals surface area contributed by atoms with E-state index in [4.69, 9.17) is 5.73 Å². The molecule has 0 radical (unpaired) electrons. The largest absolute Gasteiger partial charge is 0.329 e. The van der Waals surface area contributed by atoms with E-state index in [1.165, 1.54) is 0 Å². The summed E-state index contributed by atoms with van der Waals surface area (Å²) in [5, 5.41) is 3.48. The number of rotatable bonds is 8. The van der Waals surface area contributed by atoms with Gasteiger partial charge < -0.3 is 16.0 Å². The van der Waals surface area contributed by atoms with Crippen LogP contribution in [0.1, 0.15) is 25.5 Å². The van der Waals surface area contributed by atoms with Crippen LogP contribution in [0.4, 0.5) is 0 Å². The molecule has 1 aromatic rings. The molecule has 0 saturated heterocycles. The number of nitrogens with one attached hydrogen (secondary N) is 1. The van der Waals surface area contributed by atoms with Gasteiger partial charge in [-0.1, -0.05) is 13.8 Å². The molecular weight excluding hydrogens is 292 g/mol. The Kier molecular flexibility index (Phi) is 7.42. The van der Waals surface area contributed by atoms with Gasteiger partial charge in [0.25, 0.3) is 0 Å². The van der Waals surface area contributed by atoms with Crippen molar-refractivity contribution in [1.29, 1.82) is 0 Å². The van der Waals surface area contributed by atoms with E-state index < -0.39 is 0 Å². The Morgan fingerprint density at radius 3 is 2.67 bits per heavy atom. The molecule has 1 heterocycles. The van der Waals surface area contributed by atoms with E-state index in [-0.39, 0.29) is 6.04 Å². The normalized spacial score (nSPS) is 12.9. The van der Waals surface area contributed by atoms with Crippen molar-refractivity contribution in [3.63, 3.8) is 0 Å². The molecule has 4 nitrogen and oxygen atoms in total. The van der Waals surface area contributed by atoms with Gasteiger partial charge >= 0.3 is 0 Å². The molecule has 5 heteroatoms. The van der Waals surface area contributed by atoms with Gasteiger partial charge in [0.1, 0.15) is 0 Å². The van der Waals surface area contributed by atoms with Crippen LogP contribution in [-0.2, 0) is 0 Å². The number of hydrogen-bond acceptors (Lipinski definition) is 4. The highest BCUT2D eigenvalue weighted by molar-refractivity contribution is 9.10. The van der Waals surface area contributed by atoms with E-state index in [0.717, 1.165) is 36.2 Å². The Morgan fingerprint density at radius 2 is 2.11 bits per heavy atom. The Morgan fingerprint density at radius 1 is 1.39 bits per heavy atom. The number of pyridine rings is 1. The third-order valence-corrected chi connectivity index (χ3v) is 3.51. The lowest BCUT2D eigenvalue weighted by molar-refractivity contribution is 0.297. The molecule has 18 heavy (non-hydrogen) atoms. The zero-order valence-electron chi connectivity index (χ0n) is 11.2. The number of hydrogen-bond donors (Lipinski definition) is 2. The molecule has 3 N–H and O–H groups in total. The van der Waals surface area contributed by atoms with E-state index in [1.54, 1.807) is 6.20 Å². The average Bonchev–Trinajstić information content (AvgIpc) is 2.39. The topological polar surface area (TPSA) is 54.2 Å². The summed E-state index contributed by atoms with van der Waals surface area (Å²) in [4.78, 5) is 6.56. The minimum atomic E-state index is 0.172. The first-order valence-corrected chi connectivity index (χ1v) is 7.26. The fourth-order valence-electron chi connectivity index (χ4n) is 1.89. The van der Waals surface area contributed by atoms with Gasteiger partial charge in [0.05, 0.1) is 0 Å². The van der Waals surface area contributed by atoms with Crippen LogP contribution in [0.15, 0.2) is 22.9 Å². The summed E-state index contributed by atoms with van der Waals surface area (Å²) in [6.45, 7) is 9.11. The molecule has 0 aliphatic carbocycles. The van der Waals surface area contributed by atoms with E-state index in [1.807, 2.05) is 6.20 Å². The highest BCUT2D eigenvalue weighted by Gasteiger charge is 2.10. The number of nitrogens with zero attached hydrogens (tertiary/aromatic N) is 2. The van der Waals surface area contributed by atoms with E-state index in [9.17, 15) is 0 Å². The van der Waals surface area contributed by atoms with Crippen molar-refractivity contribution in [3.8, 4) is 0 Å². The van der Waals surface area contributed by atoms with Crippen LogP contribution in [0, 0.1) is 0 Å². The smallest absolute Gasteiger partial charge is 0.0460 e. The van der Waals surface area contributed by atoms with Gasteiger partial charge in [-0.15, -0.1) is 0 Å². The third kappa shape index (κ3) is 5.02. The molecule has 0 saturated carbocycles. The fourth-order valence-corrected chi connectivity index (χ4v) is 2.28. The Bertz CT molecular complexity index is 342. The van der Waals surface area contributed by atoms with Crippen molar-refractivity contribution in [2.75, 3.05) is 32.7 Å². The van der Waals surface area contributed by atoms with Crippen LogP contribution in [0.25, 0.3) is 0 Å². The van der Waals surface area contributed by atoms with E-state index in [2.05, 4.69) is 51.0 Å². The molecule has 1 atom stereocenters. The second-order valence-electron chi connectivity index (χ2n) is 4.21. The van der Waals surface area contributed by atoms with E-state index in [0.29, 0.717) is 6.54 Å². The van der Waals surface area contributed by atoms with Crippen LogP contribution in [0.3, 0.4) is 0 Å². The summed E-state index contributed by atoms with van der Waals surface area (Å²) >= 11 is 3.43.